The first-order chi connectivity index (χ1) is 13.5. The number of rotatable bonds is 5. The second-order valence-electron chi connectivity index (χ2n) is 7.22. The maximum Gasteiger partial charge on any atom is 0.311 e. The molecule has 4 nitrogen and oxygen atoms in total. The van der Waals surface area contributed by atoms with Crippen LogP contribution in [0.3, 0.4) is 0 Å². The predicted molar refractivity (Wildman–Crippen MR) is 111 cm³/mol. The van der Waals surface area contributed by atoms with Gasteiger partial charge in [-0.15, -0.1) is 11.3 Å². The van der Waals surface area contributed by atoms with Crippen molar-refractivity contribution in [3.63, 3.8) is 0 Å². The lowest BCUT2D eigenvalue weighted by atomic mass is 10.1. The van der Waals surface area contributed by atoms with E-state index in [-0.39, 0.29) is 19.0 Å². The van der Waals surface area contributed by atoms with E-state index in [2.05, 4.69) is 43.1 Å². The first kappa shape index (κ1) is 18.7. The Morgan fingerprint density at radius 2 is 2.04 bits per heavy atom. The average molecular weight is 394 g/mol. The molecule has 28 heavy (non-hydrogen) atoms. The zero-order valence-electron chi connectivity index (χ0n) is 16.4. The van der Waals surface area contributed by atoms with Crippen LogP contribution in [0.25, 0.3) is 10.6 Å². The van der Waals surface area contributed by atoms with Crippen LogP contribution >= 0.6 is 11.3 Å². The predicted octanol–water partition coefficient (Wildman–Crippen LogP) is 4.96. The Hall–Kier alpha value is -2.66. The van der Waals surface area contributed by atoms with Gasteiger partial charge in [0.2, 0.25) is 0 Å². The van der Waals surface area contributed by atoms with Crippen molar-refractivity contribution in [2.45, 2.75) is 40.2 Å². The van der Waals surface area contributed by atoms with Crippen molar-refractivity contribution in [1.82, 2.24) is 4.98 Å². The van der Waals surface area contributed by atoms with Crippen molar-refractivity contribution >= 4 is 17.3 Å². The summed E-state index contributed by atoms with van der Waals surface area (Å²) in [5.41, 5.74) is 6.63. The lowest BCUT2D eigenvalue weighted by Crippen LogP contribution is -2.08. The zero-order chi connectivity index (χ0) is 19.7. The molecule has 144 valence electrons. The fourth-order valence-corrected chi connectivity index (χ4v) is 4.57. The first-order valence-corrected chi connectivity index (χ1v) is 10.3. The van der Waals surface area contributed by atoms with E-state index in [0.29, 0.717) is 0 Å². The Kier molecular flexibility index (Phi) is 5.18. The molecule has 2 aromatic carbocycles. The van der Waals surface area contributed by atoms with Gasteiger partial charge in [0.1, 0.15) is 17.4 Å². The molecule has 3 aromatic rings. The maximum atomic E-state index is 12.4. The molecule has 1 aliphatic rings. The Labute approximate surface area is 169 Å². The van der Waals surface area contributed by atoms with Crippen molar-refractivity contribution in [1.29, 1.82) is 0 Å². The molecule has 0 unspecified atom stereocenters. The van der Waals surface area contributed by atoms with Crippen molar-refractivity contribution in [2.24, 2.45) is 0 Å². The molecule has 0 saturated heterocycles. The molecule has 5 heteroatoms. The molecular formula is C23H23NO3S. The van der Waals surface area contributed by atoms with Crippen molar-refractivity contribution < 1.29 is 14.3 Å². The zero-order valence-corrected chi connectivity index (χ0v) is 17.2. The van der Waals surface area contributed by atoms with Crippen molar-refractivity contribution in [3.05, 3.63) is 69.2 Å². The van der Waals surface area contributed by atoms with E-state index in [0.717, 1.165) is 45.5 Å². The largest absolute Gasteiger partial charge is 0.493 e. The number of thiazole rings is 1. The molecule has 1 aromatic heterocycles. The van der Waals surface area contributed by atoms with Gasteiger partial charge in [0.15, 0.2) is 0 Å². The van der Waals surface area contributed by atoms with E-state index in [4.69, 9.17) is 9.47 Å². The number of ether oxygens (including phenoxy) is 2. The van der Waals surface area contributed by atoms with Crippen molar-refractivity contribution in [3.8, 4) is 16.3 Å². The summed E-state index contributed by atoms with van der Waals surface area (Å²) in [6.45, 7) is 7.14. The van der Waals surface area contributed by atoms with Gasteiger partial charge in [0.25, 0.3) is 0 Å². The molecule has 0 atom stereocenters. The Morgan fingerprint density at radius 1 is 1.18 bits per heavy atom. The number of benzene rings is 2. The number of carbonyl (C=O) groups excluding carboxylic acids is 1. The number of aromatic nitrogens is 1. The maximum absolute atomic E-state index is 12.4. The van der Waals surface area contributed by atoms with Crippen LogP contribution in [0.1, 0.15) is 32.8 Å². The number of hydrogen-bond donors (Lipinski definition) is 0. The van der Waals surface area contributed by atoms with E-state index in [9.17, 15) is 4.79 Å². The topological polar surface area (TPSA) is 48.4 Å². The molecule has 0 amide bonds. The van der Waals surface area contributed by atoms with Crippen LogP contribution in [0.15, 0.2) is 36.4 Å². The quantitative estimate of drug-likeness (QED) is 0.575. The van der Waals surface area contributed by atoms with Crippen molar-refractivity contribution in [2.75, 3.05) is 6.61 Å². The molecule has 0 radical (unpaired) electrons. The third kappa shape index (κ3) is 3.94. The highest BCUT2D eigenvalue weighted by atomic mass is 32.1. The number of nitrogens with zero attached hydrogens (tertiary/aromatic N) is 1. The van der Waals surface area contributed by atoms with Gasteiger partial charge in [-0.1, -0.05) is 29.8 Å². The van der Waals surface area contributed by atoms with Crippen LogP contribution < -0.4 is 4.74 Å². The van der Waals surface area contributed by atoms with Crippen LogP contribution in [-0.4, -0.2) is 17.6 Å². The molecule has 0 aliphatic carbocycles. The highest BCUT2D eigenvalue weighted by Gasteiger charge is 2.16. The van der Waals surface area contributed by atoms with Gasteiger partial charge in [-0.25, -0.2) is 4.98 Å². The first-order valence-electron chi connectivity index (χ1n) is 9.44. The summed E-state index contributed by atoms with van der Waals surface area (Å²) in [4.78, 5) is 18.0. The minimum Gasteiger partial charge on any atom is -0.493 e. The summed E-state index contributed by atoms with van der Waals surface area (Å²) in [5.74, 6) is 0.713. The number of fused-ring (bicyclic) bond motifs is 1. The normalized spacial score (nSPS) is 12.5. The molecule has 0 fully saturated rings. The van der Waals surface area contributed by atoms with Gasteiger partial charge in [-0.2, -0.15) is 0 Å². The van der Waals surface area contributed by atoms with Gasteiger partial charge >= 0.3 is 5.97 Å². The standard InChI is InChI=1S/C23H23NO3S/c1-14-4-6-19(15(2)10-14)23-24-16(3)21(28-23)12-22(25)27-13-17-5-7-20-18(11-17)8-9-26-20/h4-7,10-11H,8-9,12-13H2,1-3H3. The summed E-state index contributed by atoms with van der Waals surface area (Å²) < 4.78 is 11.0. The molecule has 4 rings (SSSR count). The lowest BCUT2D eigenvalue weighted by molar-refractivity contribution is -0.144. The highest BCUT2D eigenvalue weighted by molar-refractivity contribution is 7.15. The minimum absolute atomic E-state index is 0.226. The summed E-state index contributed by atoms with van der Waals surface area (Å²) >= 11 is 1.57. The second kappa shape index (κ2) is 7.76. The van der Waals surface area contributed by atoms with Crippen LogP contribution in [0.2, 0.25) is 0 Å². The van der Waals surface area contributed by atoms with Gasteiger partial charge < -0.3 is 9.47 Å². The van der Waals surface area contributed by atoms with E-state index in [1.54, 1.807) is 11.3 Å². The van der Waals surface area contributed by atoms with E-state index in [1.807, 2.05) is 19.1 Å². The van der Waals surface area contributed by atoms with Gasteiger partial charge in [-0.3, -0.25) is 4.79 Å². The van der Waals surface area contributed by atoms with Crippen LogP contribution in [-0.2, 0) is 29.0 Å². The summed E-state index contributed by atoms with van der Waals surface area (Å²) in [6, 6.07) is 12.3. The lowest BCUT2D eigenvalue weighted by Gasteiger charge is -2.06. The van der Waals surface area contributed by atoms with E-state index >= 15 is 0 Å². The third-order valence-electron chi connectivity index (χ3n) is 4.96. The summed E-state index contributed by atoms with van der Waals surface area (Å²) in [6.07, 6.45) is 1.17. The molecule has 1 aliphatic heterocycles. The second-order valence-corrected chi connectivity index (χ2v) is 8.31. The fraction of sp³-hybridized carbons (Fsp3) is 0.304. The molecule has 0 N–H and O–H groups in total. The average Bonchev–Trinajstić information content (AvgIpc) is 3.26. The number of esters is 1. The Morgan fingerprint density at radius 3 is 2.86 bits per heavy atom. The number of aryl methyl sites for hydroxylation is 3. The molecule has 0 spiro atoms. The van der Waals surface area contributed by atoms with Gasteiger partial charge in [-0.05, 0) is 49.6 Å². The van der Waals surface area contributed by atoms with Crippen LogP contribution in [0.4, 0.5) is 0 Å². The SMILES string of the molecule is Cc1ccc(-c2nc(C)c(CC(=O)OCc3ccc4c(c3)CCO4)s2)c(C)c1. The van der Waals surface area contributed by atoms with E-state index < -0.39 is 0 Å². The van der Waals surface area contributed by atoms with Crippen LogP contribution in [0.5, 0.6) is 5.75 Å². The Balaban J connectivity index is 1.41. The summed E-state index contributed by atoms with van der Waals surface area (Å²) in [7, 11) is 0. The van der Waals surface area contributed by atoms with Gasteiger partial charge in [0.05, 0.1) is 18.7 Å². The van der Waals surface area contributed by atoms with E-state index in [1.165, 1.54) is 16.7 Å². The fourth-order valence-electron chi connectivity index (χ4n) is 3.44. The number of carbonyl (C=O) groups is 1. The van der Waals surface area contributed by atoms with Crippen LogP contribution in [0, 0.1) is 20.8 Å². The Bertz CT molecular complexity index is 1040. The number of hydrogen-bond acceptors (Lipinski definition) is 5. The monoisotopic (exact) mass is 393 g/mol. The molecule has 0 bridgehead atoms. The molecule has 2 heterocycles. The molecular weight excluding hydrogens is 370 g/mol. The highest BCUT2D eigenvalue weighted by Crippen LogP contribution is 2.31. The molecule has 0 saturated carbocycles. The summed E-state index contributed by atoms with van der Waals surface area (Å²) in [5, 5.41) is 0.955. The third-order valence-corrected chi connectivity index (χ3v) is 6.15. The minimum atomic E-state index is -0.226. The van der Waals surface area contributed by atoms with Gasteiger partial charge in [0, 0.05) is 16.9 Å². The smallest absolute Gasteiger partial charge is 0.311 e.